The number of rotatable bonds is 4. The molecule has 0 radical (unpaired) electrons. The normalized spacial score (nSPS) is 13.5. The van der Waals surface area contributed by atoms with Crippen molar-refractivity contribution in [3.05, 3.63) is 28.2 Å². The highest BCUT2D eigenvalue weighted by Crippen LogP contribution is 2.34. The van der Waals surface area contributed by atoms with Gasteiger partial charge in [0, 0.05) is 16.3 Å². The predicted octanol–water partition coefficient (Wildman–Crippen LogP) is 2.94. The van der Waals surface area contributed by atoms with Gasteiger partial charge in [-0.25, -0.2) is 8.42 Å². The highest BCUT2D eigenvalue weighted by atomic mass is 79.9. The maximum atomic E-state index is 11.2. The first-order chi connectivity index (χ1) is 7.33. The third kappa shape index (κ3) is 4.07. The number of benzene rings is 1. The molecule has 0 aliphatic carbocycles. The van der Waals surface area contributed by atoms with Crippen molar-refractivity contribution in [3.63, 3.8) is 0 Å². The van der Waals surface area contributed by atoms with Crippen LogP contribution in [0.3, 0.4) is 0 Å². The Balaban J connectivity index is 3.06. The molecule has 0 heterocycles. The molecule has 3 nitrogen and oxygen atoms in total. The van der Waals surface area contributed by atoms with Crippen molar-refractivity contribution in [2.24, 2.45) is 0 Å². The number of hydrogen-bond acceptors (Lipinski definition) is 3. The summed E-state index contributed by atoms with van der Waals surface area (Å²) in [6, 6.07) is 5.50. The molecule has 16 heavy (non-hydrogen) atoms. The number of ether oxygens (including phenoxy) is 1. The van der Waals surface area contributed by atoms with Crippen LogP contribution in [0.5, 0.6) is 5.75 Å². The number of alkyl halides is 1. The van der Waals surface area contributed by atoms with Crippen molar-refractivity contribution in [1.82, 2.24) is 0 Å². The lowest BCUT2D eigenvalue weighted by molar-refractivity contribution is 0.410. The Labute approximate surface area is 112 Å². The SMILES string of the molecule is COc1ccc(Br)cc1C(Br)CS(C)(=O)=O. The summed E-state index contributed by atoms with van der Waals surface area (Å²) >= 11 is 6.72. The van der Waals surface area contributed by atoms with Crippen LogP contribution in [0.15, 0.2) is 22.7 Å². The Bertz CT molecular complexity index is 471. The van der Waals surface area contributed by atoms with Crippen LogP contribution in [0.4, 0.5) is 0 Å². The van der Waals surface area contributed by atoms with Gasteiger partial charge in [-0.1, -0.05) is 31.9 Å². The second-order valence-corrected chi connectivity index (χ2v) is 7.65. The first-order valence-electron chi connectivity index (χ1n) is 4.48. The molecule has 0 amide bonds. The van der Waals surface area contributed by atoms with E-state index >= 15 is 0 Å². The highest BCUT2D eigenvalue weighted by Gasteiger charge is 2.18. The molecule has 1 aromatic rings. The smallest absolute Gasteiger partial charge is 0.148 e. The van der Waals surface area contributed by atoms with Crippen molar-refractivity contribution in [1.29, 1.82) is 0 Å². The van der Waals surface area contributed by atoms with Crippen LogP contribution in [-0.4, -0.2) is 27.5 Å². The molecule has 0 spiro atoms. The van der Waals surface area contributed by atoms with Gasteiger partial charge in [0.05, 0.1) is 17.7 Å². The summed E-state index contributed by atoms with van der Waals surface area (Å²) in [4.78, 5) is -0.269. The quantitative estimate of drug-likeness (QED) is 0.764. The average Bonchev–Trinajstić information content (AvgIpc) is 2.15. The zero-order chi connectivity index (χ0) is 12.3. The third-order valence-electron chi connectivity index (χ3n) is 1.98. The van der Waals surface area contributed by atoms with Crippen molar-refractivity contribution in [3.8, 4) is 5.75 Å². The monoisotopic (exact) mass is 370 g/mol. The largest absolute Gasteiger partial charge is 0.496 e. The summed E-state index contributed by atoms with van der Waals surface area (Å²) in [5, 5.41) is 0. The minimum atomic E-state index is -3.03. The molecule has 0 bridgehead atoms. The van der Waals surface area contributed by atoms with Crippen molar-refractivity contribution < 1.29 is 13.2 Å². The van der Waals surface area contributed by atoms with Gasteiger partial charge in [0.2, 0.25) is 0 Å². The van der Waals surface area contributed by atoms with E-state index in [0.717, 1.165) is 10.0 Å². The van der Waals surface area contributed by atoms with E-state index in [-0.39, 0.29) is 10.6 Å². The molecule has 0 N–H and O–H groups in total. The molecule has 90 valence electrons. The van der Waals surface area contributed by atoms with Gasteiger partial charge in [-0.2, -0.15) is 0 Å². The van der Waals surface area contributed by atoms with Crippen molar-refractivity contribution in [2.45, 2.75) is 4.83 Å². The number of methoxy groups -OCH3 is 1. The lowest BCUT2D eigenvalue weighted by Crippen LogP contribution is -2.09. The van der Waals surface area contributed by atoms with E-state index in [1.54, 1.807) is 13.2 Å². The lowest BCUT2D eigenvalue weighted by Gasteiger charge is -2.13. The van der Waals surface area contributed by atoms with Crippen LogP contribution < -0.4 is 4.74 Å². The fourth-order valence-electron chi connectivity index (χ4n) is 1.31. The van der Waals surface area contributed by atoms with Crippen LogP contribution in [0.2, 0.25) is 0 Å². The van der Waals surface area contributed by atoms with Gasteiger partial charge < -0.3 is 4.74 Å². The first kappa shape index (κ1) is 14.0. The third-order valence-corrected chi connectivity index (χ3v) is 4.66. The first-order valence-corrected chi connectivity index (χ1v) is 8.25. The maximum absolute atomic E-state index is 11.2. The number of halogens is 2. The lowest BCUT2D eigenvalue weighted by atomic mass is 10.1. The standard InChI is InChI=1S/C10H12Br2O3S/c1-15-10-4-3-7(11)5-8(10)9(12)6-16(2,13)14/h3-5,9H,6H2,1-2H3. The second kappa shape index (κ2) is 5.51. The molecule has 1 rings (SSSR count). The summed E-state index contributed by atoms with van der Waals surface area (Å²) in [5.41, 5.74) is 0.822. The molecule has 0 fully saturated rings. The van der Waals surface area contributed by atoms with Gasteiger partial charge in [-0.05, 0) is 18.2 Å². The minimum absolute atomic E-state index is 0.0415. The van der Waals surface area contributed by atoms with E-state index < -0.39 is 9.84 Å². The highest BCUT2D eigenvalue weighted by molar-refractivity contribution is 9.10. The van der Waals surface area contributed by atoms with Crippen LogP contribution in [-0.2, 0) is 9.84 Å². The van der Waals surface area contributed by atoms with Gasteiger partial charge in [0.15, 0.2) is 0 Å². The Morgan fingerprint density at radius 1 is 1.44 bits per heavy atom. The van der Waals surface area contributed by atoms with Crippen LogP contribution in [0.25, 0.3) is 0 Å². The molecule has 6 heteroatoms. The Hall–Kier alpha value is -0.0700. The van der Waals surface area contributed by atoms with Crippen LogP contribution >= 0.6 is 31.9 Å². The van der Waals surface area contributed by atoms with Gasteiger partial charge >= 0.3 is 0 Å². The fraction of sp³-hybridized carbons (Fsp3) is 0.400. The zero-order valence-corrected chi connectivity index (χ0v) is 12.9. The molecule has 0 saturated carbocycles. The molecule has 0 aliphatic heterocycles. The topological polar surface area (TPSA) is 43.4 Å². The van der Waals surface area contributed by atoms with Crippen LogP contribution in [0.1, 0.15) is 10.4 Å². The van der Waals surface area contributed by atoms with Gasteiger partial charge in [0.25, 0.3) is 0 Å². The molecular weight excluding hydrogens is 360 g/mol. The molecule has 0 saturated heterocycles. The van der Waals surface area contributed by atoms with E-state index in [4.69, 9.17) is 4.74 Å². The maximum Gasteiger partial charge on any atom is 0.148 e. The molecule has 1 atom stereocenters. The summed E-state index contributed by atoms with van der Waals surface area (Å²) in [6.07, 6.45) is 1.21. The predicted molar refractivity (Wildman–Crippen MR) is 72.1 cm³/mol. The van der Waals surface area contributed by atoms with E-state index in [2.05, 4.69) is 31.9 Å². The van der Waals surface area contributed by atoms with Gasteiger partial charge in [-0.3, -0.25) is 0 Å². The second-order valence-electron chi connectivity index (χ2n) is 3.45. The van der Waals surface area contributed by atoms with E-state index in [1.165, 1.54) is 6.26 Å². The van der Waals surface area contributed by atoms with E-state index in [9.17, 15) is 8.42 Å². The van der Waals surface area contributed by atoms with Gasteiger partial charge in [-0.15, -0.1) is 0 Å². The molecular formula is C10H12Br2O3S. The molecule has 1 aromatic carbocycles. The van der Waals surface area contributed by atoms with Crippen LogP contribution in [0, 0.1) is 0 Å². The van der Waals surface area contributed by atoms with Crippen molar-refractivity contribution in [2.75, 3.05) is 19.1 Å². The van der Waals surface area contributed by atoms with Gasteiger partial charge in [0.1, 0.15) is 15.6 Å². The Kier molecular flexibility index (Phi) is 4.82. The zero-order valence-electron chi connectivity index (χ0n) is 8.91. The van der Waals surface area contributed by atoms with Crippen molar-refractivity contribution >= 4 is 41.7 Å². The summed E-state index contributed by atoms with van der Waals surface area (Å²) in [5.74, 6) is 0.716. The summed E-state index contributed by atoms with van der Waals surface area (Å²) in [7, 11) is -1.46. The molecule has 0 aliphatic rings. The average molecular weight is 372 g/mol. The van der Waals surface area contributed by atoms with E-state index in [1.807, 2.05) is 12.1 Å². The number of sulfone groups is 1. The minimum Gasteiger partial charge on any atom is -0.496 e. The summed E-state index contributed by atoms with van der Waals surface area (Å²) in [6.45, 7) is 0. The fourth-order valence-corrected chi connectivity index (χ4v) is 4.19. The number of hydrogen-bond donors (Lipinski definition) is 0. The Morgan fingerprint density at radius 2 is 2.06 bits per heavy atom. The molecule has 0 aromatic heterocycles. The summed E-state index contributed by atoms with van der Waals surface area (Å²) < 4.78 is 28.5. The molecule has 1 unspecified atom stereocenters. The Morgan fingerprint density at radius 3 is 2.56 bits per heavy atom. The van der Waals surface area contributed by atoms with E-state index in [0.29, 0.717) is 5.75 Å².